The first kappa shape index (κ1) is 18.1. The first-order valence-corrected chi connectivity index (χ1v) is 7.36. The molecule has 9 heteroatoms. The van der Waals surface area contributed by atoms with Crippen LogP contribution >= 0.6 is 0 Å². The van der Waals surface area contributed by atoms with Crippen LogP contribution in [0.4, 0.5) is 5.69 Å². The van der Waals surface area contributed by atoms with E-state index in [1.54, 1.807) is 0 Å². The van der Waals surface area contributed by atoms with Gasteiger partial charge in [0.25, 0.3) is 11.2 Å². The second-order valence-electron chi connectivity index (χ2n) is 5.28. The molecule has 0 spiro atoms. The molecule has 25 heavy (non-hydrogen) atoms. The van der Waals surface area contributed by atoms with Crippen molar-refractivity contribution in [2.75, 3.05) is 13.2 Å². The summed E-state index contributed by atoms with van der Waals surface area (Å²) < 4.78 is 11.1. The fourth-order valence-electron chi connectivity index (χ4n) is 2.36. The lowest BCUT2D eigenvalue weighted by Crippen LogP contribution is -2.31. The van der Waals surface area contributed by atoms with E-state index in [9.17, 15) is 24.5 Å². The molecule has 0 bridgehead atoms. The number of nitro benzene ring substituents is 1. The topological polar surface area (TPSA) is 118 Å². The number of ether oxygens (including phenoxy) is 2. The highest BCUT2D eigenvalue weighted by Crippen LogP contribution is 2.23. The van der Waals surface area contributed by atoms with Crippen molar-refractivity contribution >= 4 is 28.4 Å². The van der Waals surface area contributed by atoms with E-state index >= 15 is 0 Å². The second-order valence-corrected chi connectivity index (χ2v) is 5.28. The molecule has 0 unspecified atom stereocenters. The summed E-state index contributed by atoms with van der Waals surface area (Å²) >= 11 is 0. The number of nitro groups is 1. The van der Waals surface area contributed by atoms with E-state index < -0.39 is 28.5 Å². The number of non-ortho nitro benzene ring substituents is 1. The summed E-state index contributed by atoms with van der Waals surface area (Å²) in [5.74, 6) is -1.09. The molecule has 132 valence electrons. The minimum absolute atomic E-state index is 0.146. The average molecular weight is 348 g/mol. The zero-order valence-corrected chi connectivity index (χ0v) is 13.6. The standard InChI is InChI=1S/C16H16N2O7/c1-10(19)24-8-12(9-25-11(2)20)17-7-6-13-14(16(17)21)4-3-5-15(13)18(22)23/h3-7,12H,8-9H2,1-2H3. The molecule has 1 aromatic carbocycles. The Balaban J connectivity index is 2.49. The Morgan fingerprint density at radius 3 is 2.24 bits per heavy atom. The summed E-state index contributed by atoms with van der Waals surface area (Å²) in [6.45, 7) is 2.08. The quantitative estimate of drug-likeness (QED) is 0.442. The van der Waals surface area contributed by atoms with Crippen LogP contribution in [0.25, 0.3) is 10.8 Å². The zero-order chi connectivity index (χ0) is 18.6. The number of benzene rings is 1. The number of hydrogen-bond donors (Lipinski definition) is 0. The molecule has 0 radical (unpaired) electrons. The lowest BCUT2D eigenvalue weighted by molar-refractivity contribution is -0.383. The molecular formula is C16H16N2O7. The van der Waals surface area contributed by atoms with Crippen LogP contribution < -0.4 is 5.56 Å². The van der Waals surface area contributed by atoms with Gasteiger partial charge in [-0.15, -0.1) is 0 Å². The maximum atomic E-state index is 12.7. The van der Waals surface area contributed by atoms with Crippen molar-refractivity contribution < 1.29 is 24.0 Å². The van der Waals surface area contributed by atoms with Crippen LogP contribution in [0.1, 0.15) is 19.9 Å². The van der Waals surface area contributed by atoms with E-state index in [-0.39, 0.29) is 29.7 Å². The van der Waals surface area contributed by atoms with Crippen LogP contribution in [0, 0.1) is 10.1 Å². The summed E-state index contributed by atoms with van der Waals surface area (Å²) in [7, 11) is 0. The highest BCUT2D eigenvalue weighted by atomic mass is 16.6. The lowest BCUT2D eigenvalue weighted by atomic mass is 10.1. The Bertz CT molecular complexity index is 870. The predicted octanol–water partition coefficient (Wildman–Crippen LogP) is 1.58. The Morgan fingerprint density at radius 1 is 1.12 bits per heavy atom. The van der Waals surface area contributed by atoms with Crippen LogP contribution in [-0.4, -0.2) is 34.6 Å². The van der Waals surface area contributed by atoms with E-state index in [1.807, 2.05) is 0 Å². The van der Waals surface area contributed by atoms with Crippen molar-refractivity contribution in [1.82, 2.24) is 4.57 Å². The van der Waals surface area contributed by atoms with Crippen LogP contribution in [0.2, 0.25) is 0 Å². The van der Waals surface area contributed by atoms with Crippen LogP contribution in [0.5, 0.6) is 0 Å². The first-order chi connectivity index (χ1) is 11.8. The van der Waals surface area contributed by atoms with E-state index in [4.69, 9.17) is 9.47 Å². The van der Waals surface area contributed by atoms with Crippen LogP contribution in [-0.2, 0) is 19.1 Å². The van der Waals surface area contributed by atoms with Crippen molar-refractivity contribution in [3.63, 3.8) is 0 Å². The van der Waals surface area contributed by atoms with Crippen molar-refractivity contribution in [2.45, 2.75) is 19.9 Å². The van der Waals surface area contributed by atoms with Gasteiger partial charge in [-0.05, 0) is 12.1 Å². The number of aromatic nitrogens is 1. The van der Waals surface area contributed by atoms with Gasteiger partial charge in [-0.3, -0.25) is 24.5 Å². The van der Waals surface area contributed by atoms with Crippen LogP contribution in [0.15, 0.2) is 35.3 Å². The highest BCUT2D eigenvalue weighted by Gasteiger charge is 2.20. The molecule has 0 aliphatic heterocycles. The molecule has 1 heterocycles. The molecule has 2 aromatic rings. The maximum Gasteiger partial charge on any atom is 0.302 e. The van der Waals surface area contributed by atoms with Gasteiger partial charge in [0.05, 0.1) is 15.7 Å². The molecule has 0 aliphatic carbocycles. The normalized spacial score (nSPS) is 10.7. The van der Waals surface area contributed by atoms with Gasteiger partial charge in [-0.2, -0.15) is 0 Å². The maximum absolute atomic E-state index is 12.7. The highest BCUT2D eigenvalue weighted by molar-refractivity contribution is 5.89. The van der Waals surface area contributed by atoms with E-state index in [1.165, 1.54) is 48.9 Å². The number of fused-ring (bicyclic) bond motifs is 1. The fraction of sp³-hybridized carbons (Fsp3) is 0.312. The third-order valence-electron chi connectivity index (χ3n) is 3.50. The fourth-order valence-corrected chi connectivity index (χ4v) is 2.36. The molecule has 0 saturated carbocycles. The Morgan fingerprint density at radius 2 is 1.72 bits per heavy atom. The molecule has 0 aliphatic rings. The van der Waals surface area contributed by atoms with Gasteiger partial charge < -0.3 is 14.0 Å². The first-order valence-electron chi connectivity index (χ1n) is 7.36. The molecule has 1 aromatic heterocycles. The zero-order valence-electron chi connectivity index (χ0n) is 13.6. The number of carbonyl (C=O) groups excluding carboxylic acids is 2. The van der Waals surface area contributed by atoms with Crippen molar-refractivity contribution in [3.05, 3.63) is 50.9 Å². The predicted molar refractivity (Wildman–Crippen MR) is 87.2 cm³/mol. The SMILES string of the molecule is CC(=O)OCC(COC(C)=O)n1ccc2c([N+](=O)[O-])cccc2c1=O. The van der Waals surface area contributed by atoms with Crippen molar-refractivity contribution in [3.8, 4) is 0 Å². The summed E-state index contributed by atoms with van der Waals surface area (Å²) in [6, 6.07) is 4.88. The number of esters is 2. The molecule has 0 amide bonds. The van der Waals surface area contributed by atoms with Gasteiger partial charge in [0.1, 0.15) is 19.3 Å². The number of nitrogens with zero attached hydrogens (tertiary/aromatic N) is 2. The minimum Gasteiger partial charge on any atom is -0.464 e. The molecule has 2 rings (SSSR count). The molecule has 0 atom stereocenters. The molecular weight excluding hydrogens is 332 g/mol. The molecule has 0 saturated heterocycles. The van der Waals surface area contributed by atoms with E-state index in [0.717, 1.165) is 0 Å². The summed E-state index contributed by atoms with van der Waals surface area (Å²) in [6.07, 6.45) is 1.36. The average Bonchev–Trinajstić information content (AvgIpc) is 2.55. The number of rotatable bonds is 6. The van der Waals surface area contributed by atoms with Gasteiger partial charge in [0.15, 0.2) is 0 Å². The largest absolute Gasteiger partial charge is 0.464 e. The lowest BCUT2D eigenvalue weighted by Gasteiger charge is -2.19. The summed E-state index contributed by atoms with van der Waals surface area (Å²) in [5.41, 5.74) is -0.691. The van der Waals surface area contributed by atoms with Gasteiger partial charge in [0, 0.05) is 26.1 Å². The van der Waals surface area contributed by atoms with Gasteiger partial charge >= 0.3 is 11.9 Å². The van der Waals surface area contributed by atoms with Crippen molar-refractivity contribution in [2.24, 2.45) is 0 Å². The number of hydrogen-bond acceptors (Lipinski definition) is 7. The smallest absolute Gasteiger partial charge is 0.302 e. The summed E-state index contributed by atoms with van der Waals surface area (Å²) in [4.78, 5) is 45.3. The van der Waals surface area contributed by atoms with E-state index in [2.05, 4.69) is 0 Å². The van der Waals surface area contributed by atoms with Gasteiger partial charge in [-0.25, -0.2) is 0 Å². The third-order valence-corrected chi connectivity index (χ3v) is 3.50. The van der Waals surface area contributed by atoms with E-state index in [0.29, 0.717) is 0 Å². The van der Waals surface area contributed by atoms with Crippen LogP contribution in [0.3, 0.4) is 0 Å². The summed E-state index contributed by atoms with van der Waals surface area (Å²) in [5, 5.41) is 11.4. The number of carbonyl (C=O) groups is 2. The third kappa shape index (κ3) is 4.19. The Hall–Kier alpha value is -3.23. The monoisotopic (exact) mass is 348 g/mol. The van der Waals surface area contributed by atoms with Crippen molar-refractivity contribution in [1.29, 1.82) is 0 Å². The number of pyridine rings is 1. The van der Waals surface area contributed by atoms with Gasteiger partial charge in [0.2, 0.25) is 0 Å². The van der Waals surface area contributed by atoms with Gasteiger partial charge in [-0.1, -0.05) is 6.07 Å². The Labute approximate surface area is 141 Å². The molecule has 9 nitrogen and oxygen atoms in total. The second kappa shape index (κ2) is 7.56. The molecule has 0 N–H and O–H groups in total. The minimum atomic E-state index is -0.746. The Kier molecular flexibility index (Phi) is 5.48. The molecule has 0 fully saturated rings.